The average molecular weight is 345 g/mol. The van der Waals surface area contributed by atoms with Gasteiger partial charge in [-0.3, -0.25) is 9.59 Å². The van der Waals surface area contributed by atoms with E-state index in [9.17, 15) is 9.59 Å². The van der Waals surface area contributed by atoms with Gasteiger partial charge in [0, 0.05) is 12.6 Å². The summed E-state index contributed by atoms with van der Waals surface area (Å²) in [6.07, 6.45) is 0.362. The van der Waals surface area contributed by atoms with Crippen LogP contribution in [0.4, 0.5) is 0 Å². The van der Waals surface area contributed by atoms with Crippen molar-refractivity contribution < 1.29 is 4.79 Å². The molecule has 5 nitrogen and oxygen atoms in total. The minimum absolute atomic E-state index is 0.0501. The van der Waals surface area contributed by atoms with Crippen molar-refractivity contribution in [3.8, 4) is 10.6 Å². The Morgan fingerprint density at radius 3 is 2.87 bits per heavy atom. The highest BCUT2D eigenvalue weighted by molar-refractivity contribution is 7.13. The van der Waals surface area contributed by atoms with Crippen molar-refractivity contribution in [2.24, 2.45) is 0 Å². The third-order valence-corrected chi connectivity index (χ3v) is 4.86. The van der Waals surface area contributed by atoms with Gasteiger partial charge in [0.05, 0.1) is 17.8 Å². The Kier molecular flexibility index (Phi) is 4.99. The predicted molar refractivity (Wildman–Crippen MR) is 92.8 cm³/mol. The molecule has 118 valence electrons. The van der Waals surface area contributed by atoms with Crippen LogP contribution in [0.25, 0.3) is 10.6 Å². The first-order chi connectivity index (χ1) is 11.2. The van der Waals surface area contributed by atoms with E-state index in [1.54, 1.807) is 28.7 Å². The van der Waals surface area contributed by atoms with Crippen LogP contribution >= 0.6 is 22.7 Å². The normalized spacial score (nSPS) is 10.6. The van der Waals surface area contributed by atoms with Crippen LogP contribution in [0.2, 0.25) is 0 Å². The Morgan fingerprint density at radius 1 is 1.22 bits per heavy atom. The topological polar surface area (TPSA) is 64.0 Å². The van der Waals surface area contributed by atoms with Crippen molar-refractivity contribution in [1.29, 1.82) is 0 Å². The number of hydrogen-bond donors (Lipinski definition) is 1. The second-order valence-corrected chi connectivity index (χ2v) is 6.64. The largest absolute Gasteiger partial charge is 0.354 e. The number of rotatable bonds is 6. The average Bonchev–Trinajstić information content (AvgIpc) is 3.22. The highest BCUT2D eigenvalue weighted by Gasteiger charge is 2.06. The lowest BCUT2D eigenvalue weighted by Gasteiger charge is -2.07. The number of nitrogens with zero attached hydrogens (tertiary/aromatic N) is 2. The van der Waals surface area contributed by atoms with Crippen LogP contribution in [0.3, 0.4) is 0 Å². The molecule has 0 aliphatic rings. The van der Waals surface area contributed by atoms with Crippen LogP contribution in [-0.2, 0) is 17.8 Å². The zero-order chi connectivity index (χ0) is 16.1. The van der Waals surface area contributed by atoms with E-state index in [4.69, 9.17) is 0 Å². The molecule has 0 aromatic carbocycles. The fraction of sp³-hybridized carbons (Fsp3) is 0.188. The number of hydrogen-bond acceptors (Lipinski definition) is 5. The highest BCUT2D eigenvalue weighted by atomic mass is 32.1. The molecule has 3 rings (SSSR count). The van der Waals surface area contributed by atoms with E-state index >= 15 is 0 Å². The Hall–Kier alpha value is -2.25. The fourth-order valence-electron chi connectivity index (χ4n) is 2.11. The first-order valence-electron chi connectivity index (χ1n) is 7.12. The van der Waals surface area contributed by atoms with Crippen LogP contribution in [0.15, 0.2) is 51.3 Å². The number of amides is 1. The smallest absolute Gasteiger partial charge is 0.266 e. The summed E-state index contributed by atoms with van der Waals surface area (Å²) in [7, 11) is 0. The van der Waals surface area contributed by atoms with Crippen molar-refractivity contribution in [2.45, 2.75) is 13.0 Å². The lowest BCUT2D eigenvalue weighted by Crippen LogP contribution is -2.32. The third-order valence-electron chi connectivity index (χ3n) is 3.23. The van der Waals surface area contributed by atoms with Gasteiger partial charge in [0.2, 0.25) is 5.91 Å². The van der Waals surface area contributed by atoms with Crippen molar-refractivity contribution in [1.82, 2.24) is 15.1 Å². The quantitative estimate of drug-likeness (QED) is 0.746. The summed E-state index contributed by atoms with van der Waals surface area (Å²) < 4.78 is 1.39. The number of nitrogens with one attached hydrogen (secondary N) is 1. The predicted octanol–water partition coefficient (Wildman–Crippen LogP) is 2.39. The second kappa shape index (κ2) is 7.34. The maximum atomic E-state index is 11.9. The maximum Gasteiger partial charge on any atom is 0.266 e. The van der Waals surface area contributed by atoms with Gasteiger partial charge in [0.15, 0.2) is 0 Å². The minimum Gasteiger partial charge on any atom is -0.354 e. The molecule has 0 aliphatic carbocycles. The lowest BCUT2D eigenvalue weighted by molar-refractivity contribution is -0.120. The van der Waals surface area contributed by atoms with Gasteiger partial charge in [0.1, 0.15) is 5.69 Å². The Morgan fingerprint density at radius 2 is 2.13 bits per heavy atom. The molecule has 0 atom stereocenters. The molecule has 0 fully saturated rings. The molecule has 0 radical (unpaired) electrons. The number of thiophene rings is 2. The molecular weight excluding hydrogens is 330 g/mol. The first-order valence-corrected chi connectivity index (χ1v) is 8.94. The standard InChI is InChI=1S/C16H15N3O2S2/c20-15(10-12-5-9-22-11-12)17-6-7-19-16(21)4-3-13(18-19)14-2-1-8-23-14/h1-5,8-9,11H,6-7,10H2,(H,17,20). The summed E-state index contributed by atoms with van der Waals surface area (Å²) in [6.45, 7) is 0.733. The maximum absolute atomic E-state index is 11.9. The van der Waals surface area contributed by atoms with E-state index in [-0.39, 0.29) is 11.5 Å². The van der Waals surface area contributed by atoms with E-state index in [0.717, 1.165) is 16.1 Å². The number of aromatic nitrogens is 2. The Bertz CT molecular complexity index is 823. The van der Waals surface area contributed by atoms with Crippen LogP contribution in [-0.4, -0.2) is 22.2 Å². The van der Waals surface area contributed by atoms with Crippen LogP contribution in [0.1, 0.15) is 5.56 Å². The van der Waals surface area contributed by atoms with Crippen molar-refractivity contribution in [3.05, 3.63) is 62.4 Å². The Labute approximate surface area is 141 Å². The first kappa shape index (κ1) is 15.6. The van der Waals surface area contributed by atoms with E-state index in [1.165, 1.54) is 10.7 Å². The molecule has 7 heteroatoms. The van der Waals surface area contributed by atoms with Crippen molar-refractivity contribution in [2.75, 3.05) is 6.54 Å². The van der Waals surface area contributed by atoms with Gasteiger partial charge in [-0.2, -0.15) is 16.4 Å². The lowest BCUT2D eigenvalue weighted by atomic mass is 10.2. The summed E-state index contributed by atoms with van der Waals surface area (Å²) >= 11 is 3.14. The van der Waals surface area contributed by atoms with Gasteiger partial charge >= 0.3 is 0 Å². The Balaban J connectivity index is 1.58. The van der Waals surface area contributed by atoms with E-state index in [2.05, 4.69) is 10.4 Å². The zero-order valence-corrected chi connectivity index (χ0v) is 13.9. The van der Waals surface area contributed by atoms with Crippen molar-refractivity contribution in [3.63, 3.8) is 0 Å². The van der Waals surface area contributed by atoms with E-state index in [0.29, 0.717) is 19.5 Å². The molecular formula is C16H15N3O2S2. The van der Waals surface area contributed by atoms with Crippen LogP contribution in [0.5, 0.6) is 0 Å². The molecule has 0 saturated carbocycles. The van der Waals surface area contributed by atoms with E-state index in [1.807, 2.05) is 34.3 Å². The van der Waals surface area contributed by atoms with E-state index < -0.39 is 0 Å². The molecule has 0 bridgehead atoms. The van der Waals surface area contributed by atoms with Crippen LogP contribution in [0, 0.1) is 0 Å². The summed E-state index contributed by atoms with van der Waals surface area (Å²) in [5.74, 6) is -0.0501. The van der Waals surface area contributed by atoms with Gasteiger partial charge in [-0.15, -0.1) is 11.3 Å². The molecule has 1 N–H and O–H groups in total. The molecule has 0 aliphatic heterocycles. The van der Waals surface area contributed by atoms with Gasteiger partial charge in [-0.25, -0.2) is 4.68 Å². The molecule has 1 amide bonds. The molecule has 3 aromatic heterocycles. The number of carbonyl (C=O) groups is 1. The summed E-state index contributed by atoms with van der Waals surface area (Å²) in [6, 6.07) is 9.07. The molecule has 23 heavy (non-hydrogen) atoms. The highest BCUT2D eigenvalue weighted by Crippen LogP contribution is 2.20. The third kappa shape index (κ3) is 4.14. The SMILES string of the molecule is O=C(Cc1ccsc1)NCCn1nc(-c2cccs2)ccc1=O. The summed E-state index contributed by atoms with van der Waals surface area (Å²) in [5.41, 5.74) is 1.60. The van der Waals surface area contributed by atoms with Gasteiger partial charge in [-0.05, 0) is 39.9 Å². The van der Waals surface area contributed by atoms with Crippen LogP contribution < -0.4 is 10.9 Å². The fourth-order valence-corrected chi connectivity index (χ4v) is 3.47. The zero-order valence-electron chi connectivity index (χ0n) is 12.3. The summed E-state index contributed by atoms with van der Waals surface area (Å²) in [5, 5.41) is 13.0. The molecule has 0 unspecified atom stereocenters. The summed E-state index contributed by atoms with van der Waals surface area (Å²) in [4.78, 5) is 24.7. The second-order valence-electron chi connectivity index (χ2n) is 4.92. The van der Waals surface area contributed by atoms with Gasteiger partial charge < -0.3 is 5.32 Å². The molecule has 3 aromatic rings. The minimum atomic E-state index is -0.169. The van der Waals surface area contributed by atoms with Gasteiger partial charge in [0.25, 0.3) is 5.56 Å². The monoisotopic (exact) mass is 345 g/mol. The molecule has 3 heterocycles. The number of carbonyl (C=O) groups excluding carboxylic acids is 1. The van der Waals surface area contributed by atoms with Gasteiger partial charge in [-0.1, -0.05) is 6.07 Å². The molecule has 0 saturated heterocycles. The van der Waals surface area contributed by atoms with Crippen molar-refractivity contribution >= 4 is 28.6 Å². The molecule has 0 spiro atoms.